The van der Waals surface area contributed by atoms with Gasteiger partial charge in [-0.1, -0.05) is 0 Å². The predicted molar refractivity (Wildman–Crippen MR) is 59.3 cm³/mol. The third-order valence-electron chi connectivity index (χ3n) is 2.45. The lowest BCUT2D eigenvalue weighted by Gasteiger charge is -2.34. The number of thioether (sulfide) groups is 1. The van der Waals surface area contributed by atoms with Crippen LogP contribution in [-0.2, 0) is 0 Å². The van der Waals surface area contributed by atoms with Gasteiger partial charge in [0.25, 0.3) is 0 Å². The molecule has 1 fully saturated rings. The van der Waals surface area contributed by atoms with Crippen LogP contribution in [0.5, 0.6) is 0 Å². The van der Waals surface area contributed by atoms with E-state index < -0.39 is 0 Å². The Morgan fingerprint density at radius 3 is 2.77 bits per heavy atom. The van der Waals surface area contributed by atoms with Crippen LogP contribution in [0, 0.1) is 0 Å². The molecular formula is C10H21NOS. The molecular weight excluding hydrogens is 182 g/mol. The van der Waals surface area contributed by atoms with Gasteiger partial charge in [0.15, 0.2) is 0 Å². The summed E-state index contributed by atoms with van der Waals surface area (Å²) < 4.78 is 0.0306. The van der Waals surface area contributed by atoms with Crippen LogP contribution in [-0.4, -0.2) is 46.7 Å². The second kappa shape index (κ2) is 4.67. The fourth-order valence-corrected chi connectivity index (χ4v) is 3.29. The van der Waals surface area contributed by atoms with Crippen molar-refractivity contribution in [3.05, 3.63) is 0 Å². The Bertz CT molecular complexity index is 161. The Morgan fingerprint density at radius 1 is 1.54 bits per heavy atom. The first kappa shape index (κ1) is 11.3. The molecule has 1 atom stereocenters. The van der Waals surface area contributed by atoms with Crippen LogP contribution < -0.4 is 0 Å². The van der Waals surface area contributed by atoms with Crippen molar-refractivity contribution in [1.29, 1.82) is 0 Å². The maximum atomic E-state index is 9.16. The number of hydrogen-bond donors (Lipinski definition) is 1. The Morgan fingerprint density at radius 2 is 2.23 bits per heavy atom. The van der Waals surface area contributed by atoms with Gasteiger partial charge in [-0.2, -0.15) is 0 Å². The number of aliphatic hydroxyl groups is 1. The minimum absolute atomic E-state index is 0.0306. The van der Waals surface area contributed by atoms with Crippen molar-refractivity contribution in [1.82, 2.24) is 4.90 Å². The highest BCUT2D eigenvalue weighted by Gasteiger charge is 2.25. The lowest BCUT2D eigenvalue weighted by molar-refractivity contribution is 0.259. The van der Waals surface area contributed by atoms with Crippen molar-refractivity contribution in [2.24, 2.45) is 0 Å². The normalized spacial score (nSPS) is 26.3. The van der Waals surface area contributed by atoms with Crippen LogP contribution in [0.15, 0.2) is 0 Å². The van der Waals surface area contributed by atoms with E-state index in [9.17, 15) is 0 Å². The number of likely N-dealkylation sites (tertiary alicyclic amines) is 1. The first-order chi connectivity index (χ1) is 6.03. The van der Waals surface area contributed by atoms with Gasteiger partial charge in [-0.25, -0.2) is 0 Å². The summed E-state index contributed by atoms with van der Waals surface area (Å²) in [5.41, 5.74) is 0. The molecule has 1 aliphatic heterocycles. The van der Waals surface area contributed by atoms with Gasteiger partial charge in [0, 0.05) is 16.5 Å². The maximum Gasteiger partial charge on any atom is 0.0572 e. The largest absolute Gasteiger partial charge is 0.395 e. The van der Waals surface area contributed by atoms with Crippen LogP contribution in [0.25, 0.3) is 0 Å². The Kier molecular flexibility index (Phi) is 4.07. The number of hydrogen-bond acceptors (Lipinski definition) is 3. The van der Waals surface area contributed by atoms with E-state index in [1.54, 1.807) is 0 Å². The van der Waals surface area contributed by atoms with Gasteiger partial charge in [-0.05, 0) is 40.3 Å². The summed E-state index contributed by atoms with van der Waals surface area (Å²) in [6.45, 7) is 6.92. The summed E-state index contributed by atoms with van der Waals surface area (Å²) in [4.78, 5) is 2.38. The van der Waals surface area contributed by atoms with Gasteiger partial charge >= 0.3 is 0 Å². The van der Waals surface area contributed by atoms with Crippen molar-refractivity contribution < 1.29 is 5.11 Å². The molecule has 3 heteroatoms. The van der Waals surface area contributed by atoms with Gasteiger partial charge in [0.1, 0.15) is 0 Å². The van der Waals surface area contributed by atoms with Crippen LogP contribution in [0.3, 0.4) is 0 Å². The third kappa shape index (κ3) is 3.88. The molecule has 1 N–H and O–H groups in total. The average Bonchev–Trinajstić information content (AvgIpc) is 2.03. The topological polar surface area (TPSA) is 23.5 Å². The van der Waals surface area contributed by atoms with E-state index in [1.165, 1.54) is 25.9 Å². The molecule has 0 saturated carbocycles. The number of nitrogens with zero attached hydrogens (tertiary/aromatic N) is 1. The lowest BCUT2D eigenvalue weighted by atomic mass is 10.1. The minimum atomic E-state index is 0.0306. The third-order valence-corrected chi connectivity index (χ3v) is 3.93. The highest BCUT2D eigenvalue weighted by atomic mass is 32.2. The minimum Gasteiger partial charge on any atom is -0.395 e. The summed E-state index contributed by atoms with van der Waals surface area (Å²) in [5.74, 6) is 0. The smallest absolute Gasteiger partial charge is 0.0572 e. The SMILES string of the molecule is CN1CCCC(SC(C)(C)CO)C1. The monoisotopic (exact) mass is 203 g/mol. The molecule has 0 aromatic rings. The summed E-state index contributed by atoms with van der Waals surface area (Å²) in [6, 6.07) is 0. The molecule has 1 heterocycles. The van der Waals surface area contributed by atoms with Crippen LogP contribution >= 0.6 is 11.8 Å². The fourth-order valence-electron chi connectivity index (χ4n) is 1.70. The Balaban J connectivity index is 2.35. The molecule has 0 aromatic carbocycles. The summed E-state index contributed by atoms with van der Waals surface area (Å²) >= 11 is 1.93. The van der Waals surface area contributed by atoms with E-state index in [0.29, 0.717) is 5.25 Å². The molecule has 78 valence electrons. The van der Waals surface area contributed by atoms with E-state index in [4.69, 9.17) is 5.11 Å². The van der Waals surface area contributed by atoms with Crippen LogP contribution in [0.1, 0.15) is 26.7 Å². The quantitative estimate of drug-likeness (QED) is 0.753. The van der Waals surface area contributed by atoms with E-state index in [2.05, 4.69) is 25.8 Å². The second-order valence-electron chi connectivity index (χ2n) is 4.56. The molecule has 0 aromatic heterocycles. The van der Waals surface area contributed by atoms with Crippen molar-refractivity contribution in [3.63, 3.8) is 0 Å². The molecule has 2 nitrogen and oxygen atoms in total. The summed E-state index contributed by atoms with van der Waals surface area (Å²) in [6.07, 6.45) is 2.61. The van der Waals surface area contributed by atoms with Gasteiger partial charge in [0.2, 0.25) is 0 Å². The maximum absolute atomic E-state index is 9.16. The number of piperidine rings is 1. The number of rotatable bonds is 3. The second-order valence-corrected chi connectivity index (χ2v) is 6.57. The standard InChI is InChI=1S/C10H21NOS/c1-10(2,8-12)13-9-5-4-6-11(3)7-9/h9,12H,4-8H2,1-3H3. The zero-order valence-electron chi connectivity index (χ0n) is 8.92. The molecule has 0 radical (unpaired) electrons. The fraction of sp³-hybridized carbons (Fsp3) is 1.00. The highest BCUT2D eigenvalue weighted by Crippen LogP contribution is 2.32. The zero-order valence-corrected chi connectivity index (χ0v) is 9.73. The lowest BCUT2D eigenvalue weighted by Crippen LogP contribution is -2.36. The average molecular weight is 203 g/mol. The van der Waals surface area contributed by atoms with E-state index >= 15 is 0 Å². The van der Waals surface area contributed by atoms with Crippen molar-refractivity contribution >= 4 is 11.8 Å². The van der Waals surface area contributed by atoms with E-state index in [1.807, 2.05) is 11.8 Å². The van der Waals surface area contributed by atoms with Gasteiger partial charge in [-0.15, -0.1) is 11.8 Å². The molecule has 1 rings (SSSR count). The van der Waals surface area contributed by atoms with Crippen LogP contribution in [0.2, 0.25) is 0 Å². The van der Waals surface area contributed by atoms with Gasteiger partial charge in [-0.3, -0.25) is 0 Å². The first-order valence-electron chi connectivity index (χ1n) is 5.01. The molecule has 1 unspecified atom stereocenters. The number of aliphatic hydroxyl groups excluding tert-OH is 1. The van der Waals surface area contributed by atoms with Crippen molar-refractivity contribution in [3.8, 4) is 0 Å². The summed E-state index contributed by atoms with van der Waals surface area (Å²) in [5, 5.41) is 9.87. The van der Waals surface area contributed by atoms with E-state index in [-0.39, 0.29) is 11.4 Å². The Labute approximate surface area is 85.7 Å². The molecule has 0 spiro atoms. The molecule has 13 heavy (non-hydrogen) atoms. The zero-order chi connectivity index (χ0) is 9.90. The molecule has 0 amide bonds. The van der Waals surface area contributed by atoms with Gasteiger partial charge < -0.3 is 10.0 Å². The van der Waals surface area contributed by atoms with Crippen molar-refractivity contribution in [2.75, 3.05) is 26.7 Å². The van der Waals surface area contributed by atoms with E-state index in [0.717, 1.165) is 0 Å². The summed E-state index contributed by atoms with van der Waals surface area (Å²) in [7, 11) is 2.18. The molecule has 1 saturated heterocycles. The molecule has 0 aliphatic carbocycles. The molecule has 1 aliphatic rings. The highest BCUT2D eigenvalue weighted by molar-refractivity contribution is 8.01. The molecule has 0 bridgehead atoms. The van der Waals surface area contributed by atoms with Crippen LogP contribution in [0.4, 0.5) is 0 Å². The van der Waals surface area contributed by atoms with Gasteiger partial charge in [0.05, 0.1) is 6.61 Å². The predicted octanol–water partition coefficient (Wildman–Crippen LogP) is 1.58. The Hall–Kier alpha value is 0.270. The first-order valence-corrected chi connectivity index (χ1v) is 5.89. The van der Waals surface area contributed by atoms with Crippen molar-refractivity contribution in [2.45, 2.75) is 36.7 Å².